The molecule has 8 heteroatoms. The highest BCUT2D eigenvalue weighted by molar-refractivity contribution is 5.70. The minimum Gasteiger partial charge on any atom is -0.466 e. The van der Waals surface area contributed by atoms with E-state index in [1.165, 1.54) is 25.7 Å². The largest absolute Gasteiger partial charge is 0.466 e. The van der Waals surface area contributed by atoms with E-state index in [9.17, 15) is 19.2 Å². The number of hydrogen-bond acceptors (Lipinski definition) is 8. The fraction of sp³-hybridized carbons (Fsp3) is 0.900. The normalized spacial score (nSPS) is 12.0. The van der Waals surface area contributed by atoms with E-state index in [1.807, 2.05) is 0 Å². The van der Waals surface area contributed by atoms with Gasteiger partial charge in [-0.15, -0.1) is 0 Å². The fourth-order valence-corrected chi connectivity index (χ4v) is 4.95. The monoisotopic (exact) mass is 685 g/mol. The third-order valence-electron chi connectivity index (χ3n) is 8.59. The summed E-state index contributed by atoms with van der Waals surface area (Å²) in [6, 6.07) is 0. The van der Waals surface area contributed by atoms with E-state index in [2.05, 4.69) is 41.5 Å². The summed E-state index contributed by atoms with van der Waals surface area (Å²) < 4.78 is 20.9. The number of unbranched alkanes of at least 4 members (excludes halogenated alkanes) is 10. The minimum atomic E-state index is -0.164. The molecule has 0 radical (unpaired) electrons. The van der Waals surface area contributed by atoms with E-state index in [0.717, 1.165) is 89.9 Å². The number of hydrogen-bond donors (Lipinski definition) is 0. The predicted molar refractivity (Wildman–Crippen MR) is 196 cm³/mol. The molecule has 0 aromatic rings. The zero-order valence-corrected chi connectivity index (χ0v) is 32.2. The maximum Gasteiger partial charge on any atom is 0.305 e. The van der Waals surface area contributed by atoms with Gasteiger partial charge in [0.2, 0.25) is 0 Å². The molecule has 48 heavy (non-hydrogen) atoms. The molecule has 2 atom stereocenters. The zero-order valence-electron chi connectivity index (χ0n) is 32.2. The summed E-state index contributed by atoms with van der Waals surface area (Å²) in [6.45, 7) is 15.0. The second-order valence-electron chi connectivity index (χ2n) is 13.2. The molecule has 0 aromatic heterocycles. The highest BCUT2D eigenvalue weighted by atomic mass is 16.5. The molecule has 2 unspecified atom stereocenters. The Bertz CT molecular complexity index is 692. The van der Waals surface area contributed by atoms with E-state index < -0.39 is 0 Å². The van der Waals surface area contributed by atoms with Crippen LogP contribution in [-0.2, 0) is 38.1 Å². The Morgan fingerprint density at radius 2 is 0.667 bits per heavy atom. The van der Waals surface area contributed by atoms with Crippen LogP contribution in [0.2, 0.25) is 0 Å². The quantitative estimate of drug-likeness (QED) is 0.0391. The molecule has 0 bridgehead atoms. The van der Waals surface area contributed by atoms with Gasteiger partial charge < -0.3 is 18.9 Å². The van der Waals surface area contributed by atoms with Gasteiger partial charge in [0.05, 0.1) is 26.4 Å². The van der Waals surface area contributed by atoms with Crippen LogP contribution in [0.3, 0.4) is 0 Å². The lowest BCUT2D eigenvalue weighted by molar-refractivity contribution is -0.146. The molecule has 284 valence electrons. The average Bonchev–Trinajstić information content (AvgIpc) is 3.08. The number of carbonyl (C=O) groups excluding carboxylic acids is 4. The van der Waals surface area contributed by atoms with Crippen LogP contribution >= 0.6 is 0 Å². The first-order valence-corrected chi connectivity index (χ1v) is 19.9. The molecule has 0 aliphatic carbocycles. The second kappa shape index (κ2) is 37.7. The van der Waals surface area contributed by atoms with Crippen LogP contribution in [-0.4, -0.2) is 50.3 Å². The molecule has 0 rings (SSSR count). The SMILES string of the molecule is CCCCC(CC)COC(=O)CCCCCCCCC(=O)OCC(CC)CCCC.CCCCOC(=O)CCCCC(=O)OCCCC. The lowest BCUT2D eigenvalue weighted by atomic mass is 10.0. The molecule has 0 fully saturated rings. The molecule has 0 heterocycles. The lowest BCUT2D eigenvalue weighted by Crippen LogP contribution is -2.13. The molecule has 0 saturated carbocycles. The molecule has 8 nitrogen and oxygen atoms in total. The molecular weight excluding hydrogens is 608 g/mol. The Labute approximate surface area is 295 Å². The Morgan fingerprint density at radius 3 is 0.979 bits per heavy atom. The van der Waals surface area contributed by atoms with E-state index in [4.69, 9.17) is 18.9 Å². The van der Waals surface area contributed by atoms with Gasteiger partial charge in [0.25, 0.3) is 0 Å². The van der Waals surface area contributed by atoms with Crippen LogP contribution in [0.15, 0.2) is 0 Å². The summed E-state index contributed by atoms with van der Waals surface area (Å²) in [4.78, 5) is 46.2. The van der Waals surface area contributed by atoms with Gasteiger partial charge in [0, 0.05) is 25.7 Å². The number of ether oxygens (including phenoxy) is 4. The van der Waals surface area contributed by atoms with Crippen molar-refractivity contribution in [3.63, 3.8) is 0 Å². The van der Waals surface area contributed by atoms with Crippen LogP contribution in [0.25, 0.3) is 0 Å². The van der Waals surface area contributed by atoms with Crippen molar-refractivity contribution in [2.45, 2.75) is 196 Å². The van der Waals surface area contributed by atoms with Gasteiger partial charge in [0.15, 0.2) is 0 Å². The van der Waals surface area contributed by atoms with Gasteiger partial charge in [-0.1, -0.05) is 119 Å². The minimum absolute atomic E-state index is 0.0444. The van der Waals surface area contributed by atoms with E-state index in [0.29, 0.717) is 76.8 Å². The Kier molecular flexibility index (Phi) is 37.7. The Morgan fingerprint density at radius 1 is 0.375 bits per heavy atom. The van der Waals surface area contributed by atoms with Crippen molar-refractivity contribution in [3.05, 3.63) is 0 Å². The molecule has 0 spiro atoms. The topological polar surface area (TPSA) is 105 Å². The average molecular weight is 685 g/mol. The van der Waals surface area contributed by atoms with Crippen LogP contribution in [0, 0.1) is 11.8 Å². The first-order valence-electron chi connectivity index (χ1n) is 19.9. The number of rotatable bonds is 32. The Balaban J connectivity index is 0. The summed E-state index contributed by atoms with van der Waals surface area (Å²) in [6.07, 6.45) is 22.6. The van der Waals surface area contributed by atoms with Crippen molar-refractivity contribution in [2.24, 2.45) is 11.8 Å². The van der Waals surface area contributed by atoms with Crippen molar-refractivity contribution in [2.75, 3.05) is 26.4 Å². The van der Waals surface area contributed by atoms with Crippen molar-refractivity contribution >= 4 is 23.9 Å². The maximum absolute atomic E-state index is 11.9. The molecule has 0 amide bonds. The van der Waals surface area contributed by atoms with Crippen LogP contribution in [0.5, 0.6) is 0 Å². The van der Waals surface area contributed by atoms with Gasteiger partial charge in [-0.05, 0) is 63.2 Å². The van der Waals surface area contributed by atoms with E-state index in [-0.39, 0.29) is 23.9 Å². The van der Waals surface area contributed by atoms with Gasteiger partial charge in [-0.2, -0.15) is 0 Å². The fourth-order valence-electron chi connectivity index (χ4n) is 4.95. The van der Waals surface area contributed by atoms with Gasteiger partial charge in [-0.25, -0.2) is 0 Å². The third-order valence-corrected chi connectivity index (χ3v) is 8.59. The van der Waals surface area contributed by atoms with Gasteiger partial charge in [0.1, 0.15) is 0 Å². The smallest absolute Gasteiger partial charge is 0.305 e. The van der Waals surface area contributed by atoms with Crippen molar-refractivity contribution in [1.29, 1.82) is 0 Å². The molecule has 0 aromatic carbocycles. The van der Waals surface area contributed by atoms with Crippen LogP contribution in [0.1, 0.15) is 196 Å². The standard InChI is InChI=1S/C26H50O4.C14H26O4/c1-5-9-17-23(7-3)21-29-25(27)19-15-13-11-12-14-16-20-26(28)30-22-24(8-4)18-10-6-2;1-3-5-11-17-13(15)9-7-8-10-14(16)18-12-6-4-2/h23-24H,5-22H2,1-4H3;3-12H2,1-2H3. The third kappa shape index (κ3) is 35.2. The molecular formula is C40H76O8. The molecule has 0 aliphatic heterocycles. The number of esters is 4. The Hall–Kier alpha value is -2.12. The van der Waals surface area contributed by atoms with Crippen molar-refractivity contribution < 1.29 is 38.1 Å². The lowest BCUT2D eigenvalue weighted by Gasteiger charge is -2.14. The molecule has 0 aliphatic rings. The summed E-state index contributed by atoms with van der Waals surface area (Å²) in [5, 5.41) is 0. The van der Waals surface area contributed by atoms with Crippen molar-refractivity contribution in [1.82, 2.24) is 0 Å². The summed E-state index contributed by atoms with van der Waals surface area (Å²) >= 11 is 0. The highest BCUT2D eigenvalue weighted by Gasteiger charge is 2.11. The van der Waals surface area contributed by atoms with Crippen molar-refractivity contribution in [3.8, 4) is 0 Å². The van der Waals surface area contributed by atoms with Crippen LogP contribution < -0.4 is 0 Å². The van der Waals surface area contributed by atoms with Gasteiger partial charge in [-0.3, -0.25) is 19.2 Å². The molecule has 0 N–H and O–H groups in total. The maximum atomic E-state index is 11.9. The summed E-state index contributed by atoms with van der Waals surface area (Å²) in [5.74, 6) is 0.620. The van der Waals surface area contributed by atoms with Crippen LogP contribution in [0.4, 0.5) is 0 Å². The first kappa shape index (κ1) is 48.0. The zero-order chi connectivity index (χ0) is 36.1. The van der Waals surface area contributed by atoms with E-state index >= 15 is 0 Å². The predicted octanol–water partition coefficient (Wildman–Crippen LogP) is 10.9. The number of carbonyl (C=O) groups is 4. The molecule has 0 saturated heterocycles. The second-order valence-corrected chi connectivity index (χ2v) is 13.2. The summed E-state index contributed by atoms with van der Waals surface area (Å²) in [5.41, 5.74) is 0. The first-order chi connectivity index (χ1) is 23.3. The summed E-state index contributed by atoms with van der Waals surface area (Å²) in [7, 11) is 0. The van der Waals surface area contributed by atoms with E-state index in [1.54, 1.807) is 0 Å². The highest BCUT2D eigenvalue weighted by Crippen LogP contribution is 2.16. The van der Waals surface area contributed by atoms with Gasteiger partial charge >= 0.3 is 23.9 Å².